The van der Waals surface area contributed by atoms with Crippen LogP contribution in [0.2, 0.25) is 0 Å². The molecule has 230 valence electrons. The molecule has 2 saturated heterocycles. The molecule has 0 aliphatic carbocycles. The Bertz CT molecular complexity index is 1790. The third-order valence-electron chi connectivity index (χ3n) is 9.10. The van der Waals surface area contributed by atoms with Gasteiger partial charge in [-0.25, -0.2) is 15.0 Å². The topological polar surface area (TPSA) is 93.2 Å². The van der Waals surface area contributed by atoms with Gasteiger partial charge in [0.15, 0.2) is 11.5 Å². The molecule has 1 spiro atoms. The lowest BCUT2D eigenvalue weighted by atomic mass is 9.77. The highest BCUT2D eigenvalue weighted by molar-refractivity contribution is 5.87. The van der Waals surface area contributed by atoms with E-state index in [4.69, 9.17) is 15.7 Å². The molecule has 2 aliphatic rings. The predicted octanol–water partition coefficient (Wildman–Crippen LogP) is 6.76. The number of amides is 1. The van der Waals surface area contributed by atoms with Crippen molar-refractivity contribution in [2.75, 3.05) is 31.9 Å². The summed E-state index contributed by atoms with van der Waals surface area (Å²) in [4.78, 5) is 31.0. The number of hydrogen-bond acceptors (Lipinski definition) is 6. The number of benzene rings is 2. The maximum absolute atomic E-state index is 12.1. The summed E-state index contributed by atoms with van der Waals surface area (Å²) in [5, 5.41) is 0. The number of imidazole rings is 1. The third-order valence-corrected chi connectivity index (χ3v) is 9.10. The second-order valence-corrected chi connectivity index (χ2v) is 11.8. The number of rotatable bonds is 6. The van der Waals surface area contributed by atoms with E-state index >= 15 is 0 Å². The number of piperidine rings is 1. The van der Waals surface area contributed by atoms with Crippen LogP contribution in [0.3, 0.4) is 0 Å². The number of aromatic nitrogens is 4. The van der Waals surface area contributed by atoms with Crippen LogP contribution in [0.1, 0.15) is 38.7 Å². The lowest BCUT2D eigenvalue weighted by molar-refractivity contribution is -0.125. The number of fused-ring (bicyclic) bond motifs is 1. The Labute approximate surface area is 265 Å². The molecule has 2 aliphatic heterocycles. The predicted molar refractivity (Wildman–Crippen MR) is 182 cm³/mol. The Balaban J connectivity index is 0.00000175. The van der Waals surface area contributed by atoms with Crippen LogP contribution in [0.15, 0.2) is 97.7 Å². The molecule has 0 unspecified atom stereocenters. The zero-order valence-corrected chi connectivity index (χ0v) is 26.2. The minimum absolute atomic E-state index is 0.0610. The van der Waals surface area contributed by atoms with E-state index in [0.717, 1.165) is 85.7 Å². The van der Waals surface area contributed by atoms with Crippen LogP contribution in [0.5, 0.6) is 0 Å². The molecule has 0 bridgehead atoms. The van der Waals surface area contributed by atoms with Crippen LogP contribution in [-0.4, -0.2) is 61.4 Å². The Morgan fingerprint density at radius 2 is 1.64 bits per heavy atom. The summed E-state index contributed by atoms with van der Waals surface area (Å²) in [5.41, 5.74) is 13.1. The number of nitrogens with zero attached hydrogens (tertiary/aromatic N) is 6. The van der Waals surface area contributed by atoms with Crippen LogP contribution in [0, 0.1) is 5.41 Å². The Morgan fingerprint density at radius 1 is 0.911 bits per heavy atom. The molecule has 45 heavy (non-hydrogen) atoms. The lowest BCUT2D eigenvalue weighted by Gasteiger charge is -2.39. The first kappa shape index (κ1) is 30.2. The maximum Gasteiger partial charge on any atom is 0.245 e. The van der Waals surface area contributed by atoms with Gasteiger partial charge >= 0.3 is 0 Å². The number of carbonyl (C=O) groups excluding carboxylic acids is 1. The summed E-state index contributed by atoms with van der Waals surface area (Å²) in [7, 11) is 0. The first-order valence-corrected chi connectivity index (χ1v) is 15.9. The number of hydrogen-bond donors (Lipinski definition) is 1. The van der Waals surface area contributed by atoms with Crippen molar-refractivity contribution >= 4 is 22.9 Å². The average Bonchev–Trinajstić information content (AvgIpc) is 3.69. The molecule has 0 atom stereocenters. The van der Waals surface area contributed by atoms with E-state index in [1.165, 1.54) is 11.6 Å². The van der Waals surface area contributed by atoms with Crippen molar-refractivity contribution in [3.63, 3.8) is 0 Å². The standard InChI is InChI=1S/C35H35N7O.C2H6/c1-2-31(43)41-22-18-35(24-41)16-20-40(21-17-35)23-25-10-12-27(13-11-25)42-33(28-9-6-19-37-32(28)36)39-30-15-14-29(38-34(30)42)26-7-4-3-5-8-26;1-2/h2-15,19H,1,16-18,20-24H2,(H2,36,37);1-2H3. The average molecular weight is 600 g/mol. The molecule has 2 N–H and O–H groups in total. The van der Waals surface area contributed by atoms with Crippen molar-refractivity contribution in [1.82, 2.24) is 29.3 Å². The first-order chi connectivity index (χ1) is 22.0. The van der Waals surface area contributed by atoms with Gasteiger partial charge in [0.25, 0.3) is 0 Å². The van der Waals surface area contributed by atoms with Crippen molar-refractivity contribution < 1.29 is 4.79 Å². The maximum atomic E-state index is 12.1. The quantitative estimate of drug-likeness (QED) is 0.217. The van der Waals surface area contributed by atoms with Crippen molar-refractivity contribution in [3.05, 3.63) is 103 Å². The van der Waals surface area contributed by atoms with Crippen molar-refractivity contribution in [2.24, 2.45) is 5.41 Å². The van der Waals surface area contributed by atoms with Gasteiger partial charge in [-0.15, -0.1) is 0 Å². The number of likely N-dealkylation sites (tertiary alicyclic amines) is 2. The van der Waals surface area contributed by atoms with Gasteiger partial charge in [-0.3, -0.25) is 14.3 Å². The Kier molecular flexibility index (Phi) is 8.76. The van der Waals surface area contributed by atoms with Crippen LogP contribution < -0.4 is 5.73 Å². The number of nitrogens with two attached hydrogens (primary N) is 1. The molecular weight excluding hydrogens is 558 g/mol. The van der Waals surface area contributed by atoms with E-state index in [1.807, 2.05) is 61.2 Å². The summed E-state index contributed by atoms with van der Waals surface area (Å²) in [6, 6.07) is 26.7. The highest BCUT2D eigenvalue weighted by Gasteiger charge is 2.41. The minimum Gasteiger partial charge on any atom is -0.383 e. The lowest BCUT2D eigenvalue weighted by Crippen LogP contribution is -2.41. The van der Waals surface area contributed by atoms with Crippen molar-refractivity contribution in [2.45, 2.75) is 39.7 Å². The molecule has 5 aromatic rings. The highest BCUT2D eigenvalue weighted by Crippen LogP contribution is 2.41. The van der Waals surface area contributed by atoms with Gasteiger partial charge in [0.05, 0.1) is 11.3 Å². The molecule has 1 amide bonds. The highest BCUT2D eigenvalue weighted by atomic mass is 16.2. The van der Waals surface area contributed by atoms with E-state index in [9.17, 15) is 4.79 Å². The second kappa shape index (κ2) is 13.0. The smallest absolute Gasteiger partial charge is 0.245 e. The van der Waals surface area contributed by atoms with E-state index in [1.54, 1.807) is 6.20 Å². The molecule has 3 aromatic heterocycles. The summed E-state index contributed by atoms with van der Waals surface area (Å²) < 4.78 is 2.08. The summed E-state index contributed by atoms with van der Waals surface area (Å²) in [6.07, 6.45) is 6.48. The molecule has 0 saturated carbocycles. The Morgan fingerprint density at radius 3 is 2.36 bits per heavy atom. The SMILES string of the molecule is C=CC(=O)N1CCC2(CCN(Cc3ccc(-n4c(-c5cccnc5N)nc5ccc(-c6ccccc6)nc54)cc3)CC2)C1.CC. The van der Waals surface area contributed by atoms with Gasteiger partial charge in [-0.2, -0.15) is 0 Å². The number of anilines is 1. The van der Waals surface area contributed by atoms with Gasteiger partial charge in [-0.1, -0.05) is 62.9 Å². The number of nitrogen functional groups attached to an aromatic ring is 1. The monoisotopic (exact) mass is 599 g/mol. The van der Waals surface area contributed by atoms with Crippen molar-refractivity contribution in [1.29, 1.82) is 0 Å². The third kappa shape index (κ3) is 6.11. The van der Waals surface area contributed by atoms with Gasteiger partial charge in [0.2, 0.25) is 5.91 Å². The molecule has 2 aromatic carbocycles. The molecule has 7 rings (SSSR count). The number of pyridine rings is 2. The van der Waals surface area contributed by atoms with Crippen molar-refractivity contribution in [3.8, 4) is 28.3 Å². The fourth-order valence-corrected chi connectivity index (χ4v) is 6.61. The Hall–Kier alpha value is -4.82. The fourth-order valence-electron chi connectivity index (χ4n) is 6.61. The largest absolute Gasteiger partial charge is 0.383 e. The normalized spacial score (nSPS) is 16.0. The number of carbonyl (C=O) groups is 1. The van der Waals surface area contributed by atoms with E-state index in [-0.39, 0.29) is 11.3 Å². The molecule has 2 fully saturated rings. The zero-order valence-electron chi connectivity index (χ0n) is 26.2. The van der Waals surface area contributed by atoms with Gasteiger partial charge in [-0.05, 0) is 85.8 Å². The van der Waals surface area contributed by atoms with Crippen LogP contribution in [0.4, 0.5) is 5.82 Å². The molecule has 5 heterocycles. The van der Waals surface area contributed by atoms with Gasteiger partial charge in [0.1, 0.15) is 11.3 Å². The molecule has 8 nitrogen and oxygen atoms in total. The molecule has 8 heteroatoms. The van der Waals surface area contributed by atoms with E-state index in [0.29, 0.717) is 11.6 Å². The zero-order chi connectivity index (χ0) is 31.4. The van der Waals surface area contributed by atoms with E-state index < -0.39 is 0 Å². The summed E-state index contributed by atoms with van der Waals surface area (Å²) in [6.45, 7) is 12.4. The summed E-state index contributed by atoms with van der Waals surface area (Å²) >= 11 is 0. The van der Waals surface area contributed by atoms with Crippen LogP contribution in [-0.2, 0) is 11.3 Å². The van der Waals surface area contributed by atoms with Gasteiger partial charge in [0, 0.05) is 37.1 Å². The van der Waals surface area contributed by atoms with E-state index in [2.05, 4.69) is 57.4 Å². The minimum atomic E-state index is 0.0610. The fraction of sp³-hybridized carbons (Fsp3) is 0.297. The second-order valence-electron chi connectivity index (χ2n) is 11.8. The van der Waals surface area contributed by atoms with Crippen LogP contribution >= 0.6 is 0 Å². The van der Waals surface area contributed by atoms with Crippen LogP contribution in [0.25, 0.3) is 39.5 Å². The van der Waals surface area contributed by atoms with Gasteiger partial charge < -0.3 is 10.6 Å². The first-order valence-electron chi connectivity index (χ1n) is 15.9. The molecule has 0 radical (unpaired) electrons. The molecular formula is C37H41N7O. The summed E-state index contributed by atoms with van der Waals surface area (Å²) in [5.74, 6) is 1.21.